The fraction of sp³-hybridized carbons (Fsp3) is 0.769. The summed E-state index contributed by atoms with van der Waals surface area (Å²) >= 11 is 0. The van der Waals surface area contributed by atoms with Gasteiger partial charge in [-0.3, -0.25) is 4.68 Å². The highest BCUT2D eigenvalue weighted by Crippen LogP contribution is 2.42. The molecule has 1 unspecified atom stereocenters. The maximum atomic E-state index is 6.30. The van der Waals surface area contributed by atoms with Crippen LogP contribution >= 0.6 is 0 Å². The Hall–Kier alpha value is -1.03. The van der Waals surface area contributed by atoms with Crippen molar-refractivity contribution < 1.29 is 4.74 Å². The van der Waals surface area contributed by atoms with Gasteiger partial charge in [-0.1, -0.05) is 19.3 Å². The van der Waals surface area contributed by atoms with Crippen molar-refractivity contribution in [3.63, 3.8) is 0 Å². The summed E-state index contributed by atoms with van der Waals surface area (Å²) in [5.41, 5.74) is 6.61. The zero-order chi connectivity index (χ0) is 11.7. The fourth-order valence-corrected chi connectivity index (χ4v) is 3.28. The molecule has 3 rings (SSSR count). The summed E-state index contributed by atoms with van der Waals surface area (Å²) in [4.78, 5) is 0. The minimum Gasteiger partial charge on any atom is -0.396 e. The molecule has 1 aliphatic carbocycles. The van der Waals surface area contributed by atoms with Gasteiger partial charge in [-0.2, -0.15) is 5.10 Å². The lowest BCUT2D eigenvalue weighted by molar-refractivity contribution is -0.0688. The molecule has 0 amide bonds. The third-order valence-corrected chi connectivity index (χ3v) is 4.15. The predicted molar refractivity (Wildman–Crippen MR) is 66.6 cm³/mol. The second kappa shape index (κ2) is 4.33. The van der Waals surface area contributed by atoms with Crippen LogP contribution in [0, 0.1) is 0 Å². The Morgan fingerprint density at radius 3 is 2.88 bits per heavy atom. The van der Waals surface area contributed by atoms with Gasteiger partial charge in [-0.25, -0.2) is 0 Å². The van der Waals surface area contributed by atoms with Crippen molar-refractivity contribution in [2.45, 2.75) is 63.2 Å². The van der Waals surface area contributed by atoms with Gasteiger partial charge in [0.1, 0.15) is 0 Å². The van der Waals surface area contributed by atoms with Gasteiger partial charge in [-0.05, 0) is 25.7 Å². The standard InChI is InChI=1S/C13H21N3O/c14-11-8-15-16(9-11)10-12-4-7-13(17-12)5-2-1-3-6-13/h8-9,12H,1-7,10,14H2. The second-order valence-corrected chi connectivity index (χ2v) is 5.52. The molecule has 1 spiro atoms. The molecule has 2 aliphatic rings. The molecule has 2 heterocycles. The Morgan fingerprint density at radius 1 is 1.35 bits per heavy atom. The number of nitrogens with zero attached hydrogens (tertiary/aromatic N) is 2. The molecule has 1 aliphatic heterocycles. The van der Waals surface area contributed by atoms with E-state index in [1.165, 1.54) is 44.9 Å². The Kier molecular flexibility index (Phi) is 2.82. The minimum absolute atomic E-state index is 0.210. The van der Waals surface area contributed by atoms with Crippen LogP contribution in [0.3, 0.4) is 0 Å². The maximum Gasteiger partial charge on any atom is 0.0779 e. The highest BCUT2D eigenvalue weighted by molar-refractivity contribution is 5.30. The van der Waals surface area contributed by atoms with Crippen molar-refractivity contribution in [2.24, 2.45) is 0 Å². The highest BCUT2D eigenvalue weighted by atomic mass is 16.5. The first kappa shape index (κ1) is 11.1. The van der Waals surface area contributed by atoms with Gasteiger partial charge in [0, 0.05) is 6.20 Å². The highest BCUT2D eigenvalue weighted by Gasteiger charge is 2.40. The first-order chi connectivity index (χ1) is 8.26. The van der Waals surface area contributed by atoms with Crippen molar-refractivity contribution >= 4 is 5.69 Å². The topological polar surface area (TPSA) is 53.1 Å². The number of hydrogen-bond acceptors (Lipinski definition) is 3. The third-order valence-electron chi connectivity index (χ3n) is 4.15. The van der Waals surface area contributed by atoms with Gasteiger partial charge in [-0.15, -0.1) is 0 Å². The lowest BCUT2D eigenvalue weighted by Gasteiger charge is -2.33. The van der Waals surface area contributed by atoms with Crippen LogP contribution in [0.25, 0.3) is 0 Å². The van der Waals surface area contributed by atoms with Crippen LogP contribution in [0.1, 0.15) is 44.9 Å². The van der Waals surface area contributed by atoms with Crippen LogP contribution < -0.4 is 5.73 Å². The zero-order valence-electron chi connectivity index (χ0n) is 10.3. The molecule has 2 fully saturated rings. The van der Waals surface area contributed by atoms with Crippen molar-refractivity contribution in [3.8, 4) is 0 Å². The first-order valence-corrected chi connectivity index (χ1v) is 6.72. The number of hydrogen-bond donors (Lipinski definition) is 1. The van der Waals surface area contributed by atoms with Crippen LogP contribution in [0.15, 0.2) is 12.4 Å². The quantitative estimate of drug-likeness (QED) is 0.856. The molecule has 1 aromatic heterocycles. The van der Waals surface area contributed by atoms with Gasteiger partial charge >= 0.3 is 0 Å². The van der Waals surface area contributed by atoms with E-state index in [9.17, 15) is 0 Å². The monoisotopic (exact) mass is 235 g/mol. The average Bonchev–Trinajstić information content (AvgIpc) is 2.89. The zero-order valence-corrected chi connectivity index (χ0v) is 10.3. The van der Waals surface area contributed by atoms with E-state index in [1.807, 2.05) is 10.9 Å². The number of nitrogens with two attached hydrogens (primary N) is 1. The summed E-state index contributed by atoms with van der Waals surface area (Å²) in [6, 6.07) is 0. The average molecular weight is 235 g/mol. The van der Waals surface area contributed by atoms with Crippen LogP contribution in [-0.2, 0) is 11.3 Å². The van der Waals surface area contributed by atoms with E-state index >= 15 is 0 Å². The van der Waals surface area contributed by atoms with Crippen molar-refractivity contribution in [3.05, 3.63) is 12.4 Å². The lowest BCUT2D eigenvalue weighted by atomic mass is 9.83. The van der Waals surface area contributed by atoms with E-state index in [0.29, 0.717) is 6.10 Å². The van der Waals surface area contributed by atoms with Gasteiger partial charge in [0.05, 0.1) is 30.1 Å². The van der Waals surface area contributed by atoms with Crippen molar-refractivity contribution in [1.29, 1.82) is 0 Å². The Balaban J connectivity index is 1.60. The number of anilines is 1. The summed E-state index contributed by atoms with van der Waals surface area (Å²) < 4.78 is 8.21. The fourth-order valence-electron chi connectivity index (χ4n) is 3.28. The molecule has 94 valence electrons. The largest absolute Gasteiger partial charge is 0.396 e. The first-order valence-electron chi connectivity index (χ1n) is 6.72. The lowest BCUT2D eigenvalue weighted by Crippen LogP contribution is -2.32. The molecule has 1 atom stereocenters. The van der Waals surface area contributed by atoms with Gasteiger partial charge in [0.2, 0.25) is 0 Å². The summed E-state index contributed by atoms with van der Waals surface area (Å²) in [6.45, 7) is 0.846. The third kappa shape index (κ3) is 2.32. The SMILES string of the molecule is Nc1cnn(CC2CCC3(CCCCC3)O2)c1. The molecule has 1 saturated carbocycles. The van der Waals surface area contributed by atoms with Crippen molar-refractivity contribution in [1.82, 2.24) is 9.78 Å². The van der Waals surface area contributed by atoms with E-state index in [0.717, 1.165) is 12.2 Å². The molecule has 0 radical (unpaired) electrons. The number of aromatic nitrogens is 2. The number of rotatable bonds is 2. The maximum absolute atomic E-state index is 6.30. The number of nitrogen functional groups attached to an aromatic ring is 1. The van der Waals surface area contributed by atoms with Crippen molar-refractivity contribution in [2.75, 3.05) is 5.73 Å². The summed E-state index contributed by atoms with van der Waals surface area (Å²) in [7, 11) is 0. The molecule has 1 saturated heterocycles. The molecule has 1 aromatic rings. The molecule has 0 bridgehead atoms. The van der Waals surface area contributed by atoms with E-state index in [4.69, 9.17) is 10.5 Å². The van der Waals surface area contributed by atoms with E-state index in [1.54, 1.807) is 6.20 Å². The van der Waals surface area contributed by atoms with Gasteiger partial charge in [0.15, 0.2) is 0 Å². The van der Waals surface area contributed by atoms with Crippen LogP contribution in [-0.4, -0.2) is 21.5 Å². The normalized spacial score (nSPS) is 27.6. The molecular weight excluding hydrogens is 214 g/mol. The predicted octanol–water partition coefficient (Wildman–Crippen LogP) is 2.35. The van der Waals surface area contributed by atoms with Crippen LogP contribution in [0.5, 0.6) is 0 Å². The summed E-state index contributed by atoms with van der Waals surface area (Å²) in [6.07, 6.45) is 12.9. The molecule has 0 aromatic carbocycles. The second-order valence-electron chi connectivity index (χ2n) is 5.52. The van der Waals surface area contributed by atoms with E-state index in [-0.39, 0.29) is 5.60 Å². The molecule has 4 nitrogen and oxygen atoms in total. The molecule has 17 heavy (non-hydrogen) atoms. The minimum atomic E-state index is 0.210. The van der Waals surface area contributed by atoms with Crippen LogP contribution in [0.2, 0.25) is 0 Å². The van der Waals surface area contributed by atoms with E-state index < -0.39 is 0 Å². The Bertz CT molecular complexity index is 382. The van der Waals surface area contributed by atoms with E-state index in [2.05, 4.69) is 5.10 Å². The Labute approximate surface area is 102 Å². The Morgan fingerprint density at radius 2 is 2.18 bits per heavy atom. The molecule has 2 N–H and O–H groups in total. The van der Waals surface area contributed by atoms with Gasteiger partial charge < -0.3 is 10.5 Å². The number of ether oxygens (including phenoxy) is 1. The summed E-state index contributed by atoms with van der Waals surface area (Å²) in [5, 5.41) is 4.22. The van der Waals surface area contributed by atoms with Crippen LogP contribution in [0.4, 0.5) is 5.69 Å². The summed E-state index contributed by atoms with van der Waals surface area (Å²) in [5.74, 6) is 0. The molecule has 4 heteroatoms. The van der Waals surface area contributed by atoms with Gasteiger partial charge in [0.25, 0.3) is 0 Å². The smallest absolute Gasteiger partial charge is 0.0779 e. The molecular formula is C13H21N3O.